The number of nitrogens with zero attached hydrogens (tertiary/aromatic N) is 1. The quantitative estimate of drug-likeness (QED) is 0.878. The fourth-order valence-electron chi connectivity index (χ4n) is 2.33. The molecule has 0 radical (unpaired) electrons. The summed E-state index contributed by atoms with van der Waals surface area (Å²) in [6.07, 6.45) is 1.61. The Kier molecular flexibility index (Phi) is 3.11. The zero-order chi connectivity index (χ0) is 13.3. The number of carboxylic acids is 1. The van der Waals surface area contributed by atoms with Crippen molar-refractivity contribution in [3.63, 3.8) is 0 Å². The largest absolute Gasteiger partial charge is 0.480 e. The molecule has 1 aliphatic carbocycles. The van der Waals surface area contributed by atoms with Crippen LogP contribution < -0.4 is 0 Å². The van der Waals surface area contributed by atoms with Gasteiger partial charge in [0.05, 0.1) is 5.41 Å². The highest BCUT2D eigenvalue weighted by Crippen LogP contribution is 2.49. The predicted molar refractivity (Wildman–Crippen MR) is 67.4 cm³/mol. The number of amides is 1. The third-order valence-corrected chi connectivity index (χ3v) is 3.45. The summed E-state index contributed by atoms with van der Waals surface area (Å²) in [6, 6.07) is 7.90. The van der Waals surface area contributed by atoms with Crippen LogP contribution >= 0.6 is 0 Å². The summed E-state index contributed by atoms with van der Waals surface area (Å²) in [4.78, 5) is 24.3. The minimum Gasteiger partial charge on any atom is -0.480 e. The van der Waals surface area contributed by atoms with Gasteiger partial charge in [-0.2, -0.15) is 0 Å². The van der Waals surface area contributed by atoms with Crippen LogP contribution in [0.15, 0.2) is 24.3 Å². The molecule has 0 aromatic heterocycles. The molecule has 4 nitrogen and oxygen atoms in total. The van der Waals surface area contributed by atoms with Crippen LogP contribution in [-0.2, 0) is 15.0 Å². The molecular weight excluding hydrogens is 230 g/mol. The predicted octanol–water partition coefficient (Wildman–Crippen LogP) is 1.57. The first-order valence-electron chi connectivity index (χ1n) is 6.00. The second-order valence-electron chi connectivity index (χ2n) is 5.01. The standard InChI is InChI=1S/C14H17NO3/c1-10-4-3-5-11(8-10)14(6-7-14)13(18)15(2)9-12(16)17/h3-5,8H,6-7,9H2,1-2H3,(H,16,17). The van der Waals surface area contributed by atoms with E-state index in [4.69, 9.17) is 5.11 Å². The van der Waals surface area contributed by atoms with Crippen molar-refractivity contribution in [3.05, 3.63) is 35.4 Å². The van der Waals surface area contributed by atoms with Crippen molar-refractivity contribution in [3.8, 4) is 0 Å². The number of aryl methyl sites for hydroxylation is 1. The summed E-state index contributed by atoms with van der Waals surface area (Å²) in [7, 11) is 1.55. The Morgan fingerprint density at radius 2 is 2.06 bits per heavy atom. The molecule has 0 bridgehead atoms. The van der Waals surface area contributed by atoms with E-state index in [1.807, 2.05) is 31.2 Å². The lowest BCUT2D eigenvalue weighted by Crippen LogP contribution is -2.39. The van der Waals surface area contributed by atoms with Crippen molar-refractivity contribution in [2.24, 2.45) is 0 Å². The lowest BCUT2D eigenvalue weighted by molar-refractivity contribution is -0.144. The topological polar surface area (TPSA) is 57.6 Å². The molecule has 1 amide bonds. The van der Waals surface area contributed by atoms with E-state index < -0.39 is 11.4 Å². The lowest BCUT2D eigenvalue weighted by atomic mass is 9.93. The molecule has 1 N–H and O–H groups in total. The van der Waals surface area contributed by atoms with E-state index in [1.54, 1.807) is 7.05 Å². The second kappa shape index (κ2) is 4.44. The first-order chi connectivity index (χ1) is 8.45. The van der Waals surface area contributed by atoms with Crippen LogP contribution in [-0.4, -0.2) is 35.5 Å². The van der Waals surface area contributed by atoms with Crippen molar-refractivity contribution >= 4 is 11.9 Å². The van der Waals surface area contributed by atoms with Gasteiger partial charge in [0.2, 0.25) is 5.91 Å². The van der Waals surface area contributed by atoms with Crippen LogP contribution in [0.4, 0.5) is 0 Å². The van der Waals surface area contributed by atoms with Crippen LogP contribution in [0, 0.1) is 6.92 Å². The Hall–Kier alpha value is -1.84. The molecule has 0 atom stereocenters. The fourth-order valence-corrected chi connectivity index (χ4v) is 2.33. The number of likely N-dealkylation sites (N-methyl/N-ethyl adjacent to an activating group) is 1. The fraction of sp³-hybridized carbons (Fsp3) is 0.429. The molecule has 0 spiro atoms. The Morgan fingerprint density at radius 1 is 1.39 bits per heavy atom. The van der Waals surface area contributed by atoms with E-state index >= 15 is 0 Å². The van der Waals surface area contributed by atoms with Crippen LogP contribution in [0.3, 0.4) is 0 Å². The van der Waals surface area contributed by atoms with Crippen molar-refractivity contribution in [1.82, 2.24) is 4.90 Å². The van der Waals surface area contributed by atoms with E-state index in [-0.39, 0.29) is 12.5 Å². The Morgan fingerprint density at radius 3 is 2.56 bits per heavy atom. The maximum absolute atomic E-state index is 12.3. The van der Waals surface area contributed by atoms with Crippen molar-refractivity contribution in [2.75, 3.05) is 13.6 Å². The molecule has 0 aliphatic heterocycles. The summed E-state index contributed by atoms with van der Waals surface area (Å²) in [5.41, 5.74) is 1.65. The van der Waals surface area contributed by atoms with Crippen LogP contribution in [0.5, 0.6) is 0 Å². The highest BCUT2D eigenvalue weighted by Gasteiger charge is 2.52. The van der Waals surface area contributed by atoms with Gasteiger partial charge in [-0.25, -0.2) is 0 Å². The number of carboxylic acid groups (broad SMARTS) is 1. The SMILES string of the molecule is Cc1cccc(C2(C(=O)N(C)CC(=O)O)CC2)c1. The molecule has 1 aromatic rings. The Bertz CT molecular complexity index is 492. The zero-order valence-corrected chi connectivity index (χ0v) is 10.6. The van der Waals surface area contributed by atoms with Gasteiger partial charge in [0.15, 0.2) is 0 Å². The summed E-state index contributed by atoms with van der Waals surface area (Å²) < 4.78 is 0. The van der Waals surface area contributed by atoms with Gasteiger partial charge in [0, 0.05) is 7.05 Å². The molecule has 1 aliphatic rings. The van der Waals surface area contributed by atoms with Gasteiger partial charge in [-0.15, -0.1) is 0 Å². The first kappa shape index (κ1) is 12.6. The summed E-state index contributed by atoms with van der Waals surface area (Å²) in [5, 5.41) is 8.74. The van der Waals surface area contributed by atoms with Crippen LogP contribution in [0.1, 0.15) is 24.0 Å². The normalized spacial score (nSPS) is 16.1. The number of hydrogen-bond acceptors (Lipinski definition) is 2. The van der Waals surface area contributed by atoms with E-state index in [0.717, 1.165) is 24.0 Å². The highest BCUT2D eigenvalue weighted by atomic mass is 16.4. The smallest absolute Gasteiger partial charge is 0.323 e. The minimum atomic E-state index is -0.981. The van der Waals surface area contributed by atoms with Gasteiger partial charge < -0.3 is 10.0 Å². The van der Waals surface area contributed by atoms with Crippen LogP contribution in [0.2, 0.25) is 0 Å². The first-order valence-corrected chi connectivity index (χ1v) is 6.00. The maximum atomic E-state index is 12.3. The van der Waals surface area contributed by atoms with E-state index in [9.17, 15) is 9.59 Å². The van der Waals surface area contributed by atoms with Crippen molar-refractivity contribution in [2.45, 2.75) is 25.2 Å². The monoisotopic (exact) mass is 247 g/mol. The number of carbonyl (C=O) groups is 2. The van der Waals surface area contributed by atoms with Crippen molar-refractivity contribution in [1.29, 1.82) is 0 Å². The Labute approximate surface area is 106 Å². The average molecular weight is 247 g/mol. The summed E-state index contributed by atoms with van der Waals surface area (Å²) in [6.45, 7) is 1.75. The average Bonchev–Trinajstić information content (AvgIpc) is 3.08. The van der Waals surface area contributed by atoms with Crippen molar-refractivity contribution < 1.29 is 14.7 Å². The molecule has 18 heavy (non-hydrogen) atoms. The van der Waals surface area contributed by atoms with Gasteiger partial charge in [-0.1, -0.05) is 29.8 Å². The minimum absolute atomic E-state index is 0.0875. The maximum Gasteiger partial charge on any atom is 0.323 e. The van der Waals surface area contributed by atoms with E-state index in [2.05, 4.69) is 0 Å². The third-order valence-electron chi connectivity index (χ3n) is 3.45. The molecule has 2 rings (SSSR count). The zero-order valence-electron chi connectivity index (χ0n) is 10.6. The van der Waals surface area contributed by atoms with E-state index in [0.29, 0.717) is 0 Å². The third kappa shape index (κ3) is 2.23. The molecule has 0 unspecified atom stereocenters. The van der Waals surface area contributed by atoms with Gasteiger partial charge in [0.25, 0.3) is 0 Å². The molecule has 0 saturated heterocycles. The number of hydrogen-bond donors (Lipinski definition) is 1. The Balaban J connectivity index is 2.22. The summed E-state index contributed by atoms with van der Waals surface area (Å²) >= 11 is 0. The number of carbonyl (C=O) groups excluding carboxylic acids is 1. The molecular formula is C14H17NO3. The van der Waals surface area contributed by atoms with Gasteiger partial charge >= 0.3 is 5.97 Å². The van der Waals surface area contributed by atoms with E-state index in [1.165, 1.54) is 4.90 Å². The van der Waals surface area contributed by atoms with Crippen LogP contribution in [0.25, 0.3) is 0 Å². The lowest BCUT2D eigenvalue weighted by Gasteiger charge is -2.22. The summed E-state index contributed by atoms with van der Waals surface area (Å²) in [5.74, 6) is -1.07. The number of rotatable bonds is 4. The second-order valence-corrected chi connectivity index (χ2v) is 5.01. The molecule has 4 heteroatoms. The molecule has 1 saturated carbocycles. The van der Waals surface area contributed by atoms with Gasteiger partial charge in [-0.05, 0) is 25.3 Å². The highest BCUT2D eigenvalue weighted by molar-refractivity contribution is 5.93. The number of aliphatic carboxylic acids is 1. The molecule has 1 aromatic carbocycles. The van der Waals surface area contributed by atoms with Gasteiger partial charge in [-0.3, -0.25) is 9.59 Å². The number of benzene rings is 1. The van der Waals surface area contributed by atoms with Gasteiger partial charge in [0.1, 0.15) is 6.54 Å². The molecule has 1 fully saturated rings. The molecule has 0 heterocycles. The molecule has 96 valence electrons.